The Labute approximate surface area is 182 Å². The quantitative estimate of drug-likeness (QED) is 0.143. The summed E-state index contributed by atoms with van der Waals surface area (Å²) in [7, 11) is -4.49. The SMILES string of the molecule is CCCCC/C=C\C/C=C\C/C=C\C/C=C\CCCC(=O)NC(C)COP(=O)(O)O. The topological polar surface area (TPSA) is 95.9 Å². The minimum atomic E-state index is -4.49. The fourth-order valence-corrected chi connectivity index (χ4v) is 2.96. The van der Waals surface area contributed by atoms with Crippen LogP contribution in [-0.2, 0) is 13.9 Å². The van der Waals surface area contributed by atoms with Gasteiger partial charge in [0.1, 0.15) is 0 Å². The van der Waals surface area contributed by atoms with Gasteiger partial charge in [0, 0.05) is 12.5 Å². The minimum Gasteiger partial charge on any atom is -0.351 e. The first kappa shape index (κ1) is 28.5. The molecule has 3 N–H and O–H groups in total. The maximum atomic E-state index is 11.7. The average Bonchev–Trinajstić information content (AvgIpc) is 2.68. The molecule has 0 aliphatic carbocycles. The molecule has 172 valence electrons. The molecule has 0 rings (SSSR count). The van der Waals surface area contributed by atoms with Crippen molar-refractivity contribution in [3.8, 4) is 0 Å². The molecule has 0 radical (unpaired) electrons. The second-order valence-corrected chi connectivity index (χ2v) is 8.47. The summed E-state index contributed by atoms with van der Waals surface area (Å²) in [6.07, 6.45) is 27.1. The zero-order chi connectivity index (χ0) is 22.5. The van der Waals surface area contributed by atoms with Gasteiger partial charge in [-0.15, -0.1) is 0 Å². The maximum Gasteiger partial charge on any atom is 0.469 e. The Balaban J connectivity index is 3.62. The number of phosphoric acid groups is 1. The summed E-state index contributed by atoms with van der Waals surface area (Å²) in [5, 5.41) is 2.65. The number of allylic oxidation sites excluding steroid dienone is 8. The maximum absolute atomic E-state index is 11.7. The summed E-state index contributed by atoms with van der Waals surface area (Å²) in [4.78, 5) is 29.0. The van der Waals surface area contributed by atoms with Crippen LogP contribution in [-0.4, -0.2) is 28.3 Å². The number of unbranched alkanes of at least 4 members (excludes halogenated alkanes) is 4. The van der Waals surface area contributed by atoms with Crippen LogP contribution >= 0.6 is 7.82 Å². The van der Waals surface area contributed by atoms with Crippen LogP contribution in [0.1, 0.15) is 78.1 Å². The van der Waals surface area contributed by atoms with Gasteiger partial charge in [0.05, 0.1) is 6.61 Å². The molecule has 30 heavy (non-hydrogen) atoms. The van der Waals surface area contributed by atoms with Gasteiger partial charge in [-0.2, -0.15) is 0 Å². The highest BCUT2D eigenvalue weighted by atomic mass is 31.2. The standard InChI is InChI=1S/C23H40NO5P/c1-3-4-5-6-7-8-9-10-11-12-13-14-15-16-17-18-19-20-23(25)24-22(2)21-29-30(26,27)28/h7-8,10-11,13-14,16-17,22H,3-6,9,12,15,18-21H2,1-2H3,(H,24,25)(H2,26,27,28)/b8-7-,11-10-,14-13-,17-16-. The number of carbonyl (C=O) groups is 1. The molecule has 0 aromatic carbocycles. The Hall–Kier alpha value is -1.46. The molecular weight excluding hydrogens is 401 g/mol. The molecule has 0 aromatic rings. The number of carbonyl (C=O) groups excluding carboxylic acids is 1. The number of hydrogen-bond acceptors (Lipinski definition) is 3. The van der Waals surface area contributed by atoms with Crippen LogP contribution in [0, 0.1) is 0 Å². The Kier molecular flexibility index (Phi) is 18.6. The lowest BCUT2D eigenvalue weighted by molar-refractivity contribution is -0.122. The fraction of sp³-hybridized carbons (Fsp3) is 0.609. The number of amides is 1. The first-order valence-corrected chi connectivity index (χ1v) is 12.5. The predicted molar refractivity (Wildman–Crippen MR) is 124 cm³/mol. The van der Waals surface area contributed by atoms with Crippen LogP contribution in [0.4, 0.5) is 0 Å². The Morgan fingerprint density at radius 2 is 1.40 bits per heavy atom. The minimum absolute atomic E-state index is 0.146. The first-order chi connectivity index (χ1) is 14.3. The lowest BCUT2D eigenvalue weighted by atomic mass is 10.2. The molecule has 0 saturated heterocycles. The first-order valence-electron chi connectivity index (χ1n) is 10.9. The van der Waals surface area contributed by atoms with Gasteiger partial charge in [0.25, 0.3) is 0 Å². The lowest BCUT2D eigenvalue weighted by Crippen LogP contribution is -2.35. The third kappa shape index (κ3) is 22.8. The van der Waals surface area contributed by atoms with Crippen LogP contribution in [0.3, 0.4) is 0 Å². The van der Waals surface area contributed by atoms with Crippen molar-refractivity contribution in [2.24, 2.45) is 0 Å². The highest BCUT2D eigenvalue weighted by Gasteiger charge is 2.16. The monoisotopic (exact) mass is 441 g/mol. The van der Waals surface area contributed by atoms with Gasteiger partial charge in [0.15, 0.2) is 0 Å². The molecule has 0 saturated carbocycles. The molecule has 6 nitrogen and oxygen atoms in total. The number of rotatable bonds is 18. The Morgan fingerprint density at radius 1 is 0.900 bits per heavy atom. The summed E-state index contributed by atoms with van der Waals surface area (Å²) in [5.74, 6) is -0.146. The molecule has 1 amide bonds. The normalized spacial score (nSPS) is 13.9. The van der Waals surface area contributed by atoms with E-state index in [1.54, 1.807) is 6.92 Å². The van der Waals surface area contributed by atoms with E-state index in [1.807, 2.05) is 0 Å². The van der Waals surface area contributed by atoms with E-state index in [0.29, 0.717) is 6.42 Å². The third-order valence-electron chi connectivity index (χ3n) is 4.13. The molecule has 7 heteroatoms. The van der Waals surface area contributed by atoms with E-state index in [1.165, 1.54) is 25.7 Å². The van der Waals surface area contributed by atoms with Crippen LogP contribution in [0.5, 0.6) is 0 Å². The van der Waals surface area contributed by atoms with E-state index in [4.69, 9.17) is 9.79 Å². The molecule has 1 atom stereocenters. The average molecular weight is 442 g/mol. The van der Waals surface area contributed by atoms with E-state index in [-0.39, 0.29) is 12.5 Å². The Bertz CT molecular complexity index is 592. The van der Waals surface area contributed by atoms with E-state index in [9.17, 15) is 9.36 Å². The largest absolute Gasteiger partial charge is 0.469 e. The van der Waals surface area contributed by atoms with Gasteiger partial charge in [-0.3, -0.25) is 9.32 Å². The molecular formula is C23H40NO5P. The summed E-state index contributed by atoms with van der Waals surface area (Å²) in [6.45, 7) is 3.65. The van der Waals surface area contributed by atoms with Crippen molar-refractivity contribution in [1.29, 1.82) is 0 Å². The van der Waals surface area contributed by atoms with Gasteiger partial charge in [-0.25, -0.2) is 4.57 Å². The number of nitrogens with one attached hydrogen (secondary N) is 1. The molecule has 0 fully saturated rings. The number of hydrogen-bond donors (Lipinski definition) is 3. The zero-order valence-electron chi connectivity index (χ0n) is 18.5. The smallest absolute Gasteiger partial charge is 0.351 e. The zero-order valence-corrected chi connectivity index (χ0v) is 19.4. The second-order valence-electron chi connectivity index (χ2n) is 7.24. The molecule has 0 heterocycles. The van der Waals surface area contributed by atoms with Gasteiger partial charge < -0.3 is 15.1 Å². The fourth-order valence-electron chi connectivity index (χ4n) is 2.54. The molecule has 0 aliphatic heterocycles. The van der Waals surface area contributed by atoms with E-state index in [2.05, 4.69) is 65.4 Å². The second kappa shape index (κ2) is 19.5. The Morgan fingerprint density at radius 3 is 1.90 bits per heavy atom. The van der Waals surface area contributed by atoms with Crippen molar-refractivity contribution in [3.63, 3.8) is 0 Å². The summed E-state index contributed by atoms with van der Waals surface area (Å²) in [6, 6.07) is -0.443. The molecule has 0 aliphatic rings. The van der Waals surface area contributed by atoms with Crippen LogP contribution in [0.15, 0.2) is 48.6 Å². The van der Waals surface area contributed by atoms with Crippen LogP contribution in [0.25, 0.3) is 0 Å². The summed E-state index contributed by atoms with van der Waals surface area (Å²) < 4.78 is 15.0. The summed E-state index contributed by atoms with van der Waals surface area (Å²) >= 11 is 0. The van der Waals surface area contributed by atoms with Crippen molar-refractivity contribution in [1.82, 2.24) is 5.32 Å². The van der Waals surface area contributed by atoms with Crippen molar-refractivity contribution in [2.75, 3.05) is 6.61 Å². The van der Waals surface area contributed by atoms with E-state index < -0.39 is 13.9 Å². The highest BCUT2D eigenvalue weighted by molar-refractivity contribution is 7.46. The van der Waals surface area contributed by atoms with Crippen molar-refractivity contribution < 1.29 is 23.7 Å². The molecule has 1 unspecified atom stereocenters. The van der Waals surface area contributed by atoms with Crippen molar-refractivity contribution in [3.05, 3.63) is 48.6 Å². The molecule has 0 aromatic heterocycles. The van der Waals surface area contributed by atoms with Crippen LogP contribution < -0.4 is 5.32 Å². The van der Waals surface area contributed by atoms with E-state index in [0.717, 1.165) is 32.1 Å². The van der Waals surface area contributed by atoms with Gasteiger partial charge in [-0.1, -0.05) is 68.4 Å². The van der Waals surface area contributed by atoms with Gasteiger partial charge in [0.2, 0.25) is 5.91 Å². The predicted octanol–water partition coefficient (Wildman–Crippen LogP) is 5.75. The van der Waals surface area contributed by atoms with Gasteiger partial charge >= 0.3 is 7.82 Å². The van der Waals surface area contributed by atoms with Gasteiger partial charge in [-0.05, 0) is 51.9 Å². The molecule has 0 spiro atoms. The van der Waals surface area contributed by atoms with Crippen molar-refractivity contribution in [2.45, 2.75) is 84.1 Å². The number of phosphoric ester groups is 1. The highest BCUT2D eigenvalue weighted by Crippen LogP contribution is 2.35. The lowest BCUT2D eigenvalue weighted by Gasteiger charge is -2.14. The van der Waals surface area contributed by atoms with E-state index >= 15 is 0 Å². The van der Waals surface area contributed by atoms with Crippen LogP contribution in [0.2, 0.25) is 0 Å². The summed E-state index contributed by atoms with van der Waals surface area (Å²) in [5.41, 5.74) is 0. The molecule has 0 bridgehead atoms. The van der Waals surface area contributed by atoms with Crippen molar-refractivity contribution >= 4 is 13.7 Å². The third-order valence-corrected chi connectivity index (χ3v) is 4.62.